The van der Waals surface area contributed by atoms with E-state index in [4.69, 9.17) is 23.2 Å². The van der Waals surface area contributed by atoms with Crippen molar-refractivity contribution in [3.8, 4) is 0 Å². The molecule has 3 aromatic rings. The second-order valence-electron chi connectivity index (χ2n) is 10.8. The van der Waals surface area contributed by atoms with E-state index in [2.05, 4.69) is 20.8 Å². The van der Waals surface area contributed by atoms with Crippen LogP contribution in [0.5, 0.6) is 0 Å². The molecule has 40 heavy (non-hydrogen) atoms. The van der Waals surface area contributed by atoms with Gasteiger partial charge in [-0.3, -0.25) is 14.4 Å². The molecule has 8 nitrogen and oxygen atoms in total. The van der Waals surface area contributed by atoms with E-state index in [1.54, 1.807) is 17.0 Å². The molecule has 0 aromatic heterocycles. The lowest BCUT2D eigenvalue weighted by atomic mass is 9.87. The third-order valence-corrected chi connectivity index (χ3v) is 9.83. The van der Waals surface area contributed by atoms with Gasteiger partial charge >= 0.3 is 0 Å². The molecule has 0 saturated carbocycles. The molecule has 0 spiro atoms. The minimum Gasteiger partial charge on any atom is -0.336 e. The highest BCUT2D eigenvalue weighted by molar-refractivity contribution is 7.89. The van der Waals surface area contributed by atoms with Crippen LogP contribution in [0.2, 0.25) is 10.0 Å². The summed E-state index contributed by atoms with van der Waals surface area (Å²) in [6, 6.07) is 15.7. The van der Waals surface area contributed by atoms with E-state index >= 15 is 0 Å². The quantitative estimate of drug-likeness (QED) is 0.382. The number of benzene rings is 3. The molecule has 2 heterocycles. The predicted molar refractivity (Wildman–Crippen MR) is 154 cm³/mol. The molecule has 1 fully saturated rings. The molecule has 0 atom stereocenters. The number of hydrogen-bond donors (Lipinski definition) is 0. The fourth-order valence-corrected chi connectivity index (χ4v) is 6.54. The summed E-state index contributed by atoms with van der Waals surface area (Å²) in [6.07, 6.45) is 0. The number of fused-ring (bicyclic) bond motifs is 1. The monoisotopic (exact) mass is 599 g/mol. The number of sulfonamides is 1. The Bertz CT molecular complexity index is 1640. The highest BCUT2D eigenvalue weighted by atomic mass is 35.5. The average molecular weight is 601 g/mol. The largest absolute Gasteiger partial charge is 0.336 e. The zero-order chi connectivity index (χ0) is 29.0. The Morgan fingerprint density at radius 1 is 0.775 bits per heavy atom. The minimum atomic E-state index is -3.71. The molecule has 0 unspecified atom stereocenters. The molecule has 1 saturated heterocycles. The zero-order valence-corrected chi connectivity index (χ0v) is 24.5. The lowest BCUT2D eigenvalue weighted by Gasteiger charge is -2.34. The number of piperazine rings is 1. The molecule has 3 aromatic carbocycles. The first kappa shape index (κ1) is 28.3. The van der Waals surface area contributed by atoms with Crippen molar-refractivity contribution in [2.24, 2.45) is 0 Å². The van der Waals surface area contributed by atoms with Crippen LogP contribution in [-0.2, 0) is 15.4 Å². The van der Waals surface area contributed by atoms with Crippen molar-refractivity contribution >= 4 is 56.6 Å². The molecule has 5 rings (SSSR count). The predicted octanol–water partition coefficient (Wildman–Crippen LogP) is 5.24. The lowest BCUT2D eigenvalue weighted by molar-refractivity contribution is 0.0697. The van der Waals surface area contributed by atoms with E-state index in [0.29, 0.717) is 5.02 Å². The van der Waals surface area contributed by atoms with Crippen molar-refractivity contribution in [3.63, 3.8) is 0 Å². The molecular weight excluding hydrogens is 573 g/mol. The summed E-state index contributed by atoms with van der Waals surface area (Å²) >= 11 is 12.0. The van der Waals surface area contributed by atoms with Crippen LogP contribution in [0.15, 0.2) is 65.6 Å². The maximum Gasteiger partial charge on any atom is 0.266 e. The number of nitrogens with zero attached hydrogens (tertiary/aromatic N) is 3. The van der Waals surface area contributed by atoms with Gasteiger partial charge in [0.25, 0.3) is 17.7 Å². The first-order valence-electron chi connectivity index (χ1n) is 12.7. The topological polar surface area (TPSA) is 95.1 Å². The van der Waals surface area contributed by atoms with Crippen molar-refractivity contribution in [2.75, 3.05) is 31.1 Å². The molecular formula is C29H27Cl2N3O5S. The van der Waals surface area contributed by atoms with Gasteiger partial charge in [-0.1, -0.05) is 56.1 Å². The first-order chi connectivity index (χ1) is 18.8. The first-order valence-corrected chi connectivity index (χ1v) is 14.9. The molecule has 11 heteroatoms. The van der Waals surface area contributed by atoms with Crippen LogP contribution in [0.4, 0.5) is 5.69 Å². The molecule has 208 valence electrons. The number of anilines is 1. The molecule has 0 N–H and O–H groups in total. The van der Waals surface area contributed by atoms with E-state index in [9.17, 15) is 22.8 Å². The summed E-state index contributed by atoms with van der Waals surface area (Å²) in [5.74, 6) is -1.43. The van der Waals surface area contributed by atoms with E-state index in [1.807, 2.05) is 12.1 Å². The van der Waals surface area contributed by atoms with E-state index in [-0.39, 0.29) is 69.8 Å². The van der Waals surface area contributed by atoms with E-state index in [0.717, 1.165) is 10.5 Å². The summed E-state index contributed by atoms with van der Waals surface area (Å²) in [6.45, 7) is 6.85. The van der Waals surface area contributed by atoms with Crippen molar-refractivity contribution in [1.82, 2.24) is 9.21 Å². The number of amides is 3. The Kier molecular flexibility index (Phi) is 7.29. The number of hydrogen-bond acceptors (Lipinski definition) is 5. The normalized spacial score (nSPS) is 16.4. The highest BCUT2D eigenvalue weighted by Crippen LogP contribution is 2.33. The van der Waals surface area contributed by atoms with E-state index < -0.39 is 21.8 Å². The number of carbonyl (C=O) groups is 3. The van der Waals surface area contributed by atoms with Crippen molar-refractivity contribution in [3.05, 3.63) is 93.0 Å². The van der Waals surface area contributed by atoms with Gasteiger partial charge in [0.05, 0.1) is 31.8 Å². The second kappa shape index (κ2) is 10.3. The Morgan fingerprint density at radius 3 is 2.00 bits per heavy atom. The Morgan fingerprint density at radius 2 is 1.40 bits per heavy atom. The van der Waals surface area contributed by atoms with Gasteiger partial charge in [0.2, 0.25) is 10.0 Å². The Balaban J connectivity index is 1.29. The standard InChI is InChI=1S/C29H27Cl2N3O5S/c1-29(2,3)19-5-8-21(9-6-19)40(38,39)33-14-12-32(13-15-33)26(35)18-4-10-22-23(16-18)28(37)34(27(22)36)20-7-11-24(30)25(31)17-20/h4-11,16-17H,12-15H2,1-3H3. The number of halogens is 2. The van der Waals surface area contributed by atoms with Crippen LogP contribution in [0, 0.1) is 0 Å². The van der Waals surface area contributed by atoms with Crippen molar-refractivity contribution in [2.45, 2.75) is 31.1 Å². The van der Waals surface area contributed by atoms with Gasteiger partial charge in [0, 0.05) is 31.7 Å². The Hall–Kier alpha value is -3.24. The number of carbonyl (C=O) groups excluding carboxylic acids is 3. The third-order valence-electron chi connectivity index (χ3n) is 7.18. The van der Waals surface area contributed by atoms with Crippen molar-refractivity contribution in [1.29, 1.82) is 0 Å². The third kappa shape index (κ3) is 5.03. The summed E-state index contributed by atoms with van der Waals surface area (Å²) < 4.78 is 27.8. The van der Waals surface area contributed by atoms with Crippen LogP contribution >= 0.6 is 23.2 Å². The van der Waals surface area contributed by atoms with Gasteiger partial charge in [-0.15, -0.1) is 0 Å². The molecule has 2 aliphatic rings. The minimum absolute atomic E-state index is 0.0917. The van der Waals surface area contributed by atoms with Crippen LogP contribution in [0.1, 0.15) is 57.4 Å². The smallest absolute Gasteiger partial charge is 0.266 e. The molecule has 2 aliphatic heterocycles. The maximum atomic E-state index is 13.3. The summed E-state index contributed by atoms with van der Waals surface area (Å²) in [4.78, 5) is 42.2. The van der Waals surface area contributed by atoms with Gasteiger partial charge in [-0.05, 0) is 59.5 Å². The van der Waals surface area contributed by atoms with E-state index in [1.165, 1.54) is 40.7 Å². The SMILES string of the molecule is CC(C)(C)c1ccc(S(=O)(=O)N2CCN(C(=O)c3ccc4c(c3)C(=O)N(c3ccc(Cl)c(Cl)c3)C4=O)CC2)cc1. The van der Waals surface area contributed by atoms with Crippen LogP contribution in [-0.4, -0.2) is 61.5 Å². The van der Waals surface area contributed by atoms with Gasteiger partial charge in [0.15, 0.2) is 0 Å². The van der Waals surface area contributed by atoms with Crippen LogP contribution in [0.3, 0.4) is 0 Å². The second-order valence-corrected chi connectivity index (χ2v) is 13.5. The van der Waals surface area contributed by atoms with Crippen LogP contribution < -0.4 is 4.90 Å². The Labute approximate surface area is 243 Å². The van der Waals surface area contributed by atoms with Gasteiger partial charge in [-0.25, -0.2) is 13.3 Å². The van der Waals surface area contributed by atoms with Gasteiger partial charge < -0.3 is 4.90 Å². The van der Waals surface area contributed by atoms with Crippen LogP contribution in [0.25, 0.3) is 0 Å². The van der Waals surface area contributed by atoms with Crippen molar-refractivity contribution < 1.29 is 22.8 Å². The molecule has 0 bridgehead atoms. The number of rotatable bonds is 4. The summed E-state index contributed by atoms with van der Waals surface area (Å²) in [5, 5.41) is 0.496. The summed E-state index contributed by atoms with van der Waals surface area (Å²) in [7, 11) is -3.71. The zero-order valence-electron chi connectivity index (χ0n) is 22.1. The molecule has 0 radical (unpaired) electrons. The average Bonchev–Trinajstić information content (AvgIpc) is 3.18. The highest BCUT2D eigenvalue weighted by Gasteiger charge is 2.38. The fourth-order valence-electron chi connectivity index (χ4n) is 4.82. The molecule has 3 amide bonds. The molecule has 0 aliphatic carbocycles. The lowest BCUT2D eigenvalue weighted by Crippen LogP contribution is -2.50. The van der Waals surface area contributed by atoms with Gasteiger partial charge in [0.1, 0.15) is 0 Å². The maximum absolute atomic E-state index is 13.3. The summed E-state index contributed by atoms with van der Waals surface area (Å²) in [5.41, 5.74) is 1.76. The number of imide groups is 1. The fraction of sp³-hybridized carbons (Fsp3) is 0.276. The van der Waals surface area contributed by atoms with Gasteiger partial charge in [-0.2, -0.15) is 4.31 Å².